The van der Waals surface area contributed by atoms with E-state index in [4.69, 9.17) is 5.73 Å². The zero-order chi connectivity index (χ0) is 13.8. The fourth-order valence-corrected chi connectivity index (χ4v) is 2.52. The Kier molecular flexibility index (Phi) is 4.53. The number of hydrogen-bond donors (Lipinski definition) is 1. The van der Waals surface area contributed by atoms with E-state index in [1.165, 1.54) is 6.07 Å². The third kappa shape index (κ3) is 3.32. The van der Waals surface area contributed by atoms with Gasteiger partial charge < -0.3 is 10.6 Å². The molecule has 1 aromatic rings. The molecule has 1 fully saturated rings. The number of nitrogens with two attached hydrogens (primary N) is 1. The standard InChI is InChI=1S/C15H21FN2O/c1-11-4-5-12(9-14(11)16)8-13(10-17)15(19)18-6-2-3-7-18/h4-5,9,13H,2-3,6-8,10,17H2,1H3. The average Bonchev–Trinajstić information content (AvgIpc) is 2.93. The lowest BCUT2D eigenvalue weighted by molar-refractivity contribution is -0.134. The molecule has 104 valence electrons. The van der Waals surface area contributed by atoms with Crippen molar-refractivity contribution in [2.75, 3.05) is 19.6 Å². The van der Waals surface area contributed by atoms with Crippen molar-refractivity contribution in [3.05, 3.63) is 35.1 Å². The lowest BCUT2D eigenvalue weighted by atomic mass is 9.97. The van der Waals surface area contributed by atoms with Crippen molar-refractivity contribution in [1.29, 1.82) is 0 Å². The van der Waals surface area contributed by atoms with E-state index < -0.39 is 0 Å². The quantitative estimate of drug-likeness (QED) is 0.902. The highest BCUT2D eigenvalue weighted by atomic mass is 19.1. The van der Waals surface area contributed by atoms with Crippen LogP contribution in [0.5, 0.6) is 0 Å². The Balaban J connectivity index is 2.05. The Morgan fingerprint density at radius 2 is 2.11 bits per heavy atom. The molecule has 1 atom stereocenters. The van der Waals surface area contributed by atoms with Crippen LogP contribution < -0.4 is 5.73 Å². The summed E-state index contributed by atoms with van der Waals surface area (Å²) in [5, 5.41) is 0. The first kappa shape index (κ1) is 14.0. The Bertz CT molecular complexity index is 455. The van der Waals surface area contributed by atoms with Crippen LogP contribution in [0.2, 0.25) is 0 Å². The Hall–Kier alpha value is -1.42. The van der Waals surface area contributed by atoms with Crippen LogP contribution in [-0.4, -0.2) is 30.4 Å². The SMILES string of the molecule is Cc1ccc(CC(CN)C(=O)N2CCCC2)cc1F. The number of rotatable bonds is 4. The van der Waals surface area contributed by atoms with Gasteiger partial charge in [0.2, 0.25) is 5.91 Å². The predicted octanol–water partition coefficient (Wildman–Crippen LogP) is 1.87. The fraction of sp³-hybridized carbons (Fsp3) is 0.533. The maximum Gasteiger partial charge on any atom is 0.227 e. The molecule has 0 aromatic heterocycles. The minimum Gasteiger partial charge on any atom is -0.342 e. The van der Waals surface area contributed by atoms with E-state index >= 15 is 0 Å². The molecule has 0 spiro atoms. The highest BCUT2D eigenvalue weighted by molar-refractivity contribution is 5.79. The van der Waals surface area contributed by atoms with E-state index in [0.717, 1.165) is 31.5 Å². The number of amides is 1. The number of likely N-dealkylation sites (tertiary alicyclic amines) is 1. The summed E-state index contributed by atoms with van der Waals surface area (Å²) in [6.07, 6.45) is 2.66. The average molecular weight is 264 g/mol. The lowest BCUT2D eigenvalue weighted by Crippen LogP contribution is -2.38. The second-order valence-corrected chi connectivity index (χ2v) is 5.25. The second-order valence-electron chi connectivity index (χ2n) is 5.25. The zero-order valence-electron chi connectivity index (χ0n) is 11.4. The number of nitrogens with zero attached hydrogens (tertiary/aromatic N) is 1. The molecule has 1 aliphatic rings. The Morgan fingerprint density at radius 3 is 2.68 bits per heavy atom. The van der Waals surface area contributed by atoms with Crippen molar-refractivity contribution in [3.63, 3.8) is 0 Å². The van der Waals surface area contributed by atoms with Crippen LogP contribution in [0.1, 0.15) is 24.0 Å². The van der Waals surface area contributed by atoms with Crippen molar-refractivity contribution in [1.82, 2.24) is 4.90 Å². The van der Waals surface area contributed by atoms with Gasteiger partial charge in [-0.25, -0.2) is 4.39 Å². The molecule has 1 saturated heterocycles. The molecule has 4 heteroatoms. The predicted molar refractivity (Wildman–Crippen MR) is 73.2 cm³/mol. The van der Waals surface area contributed by atoms with E-state index in [1.54, 1.807) is 13.0 Å². The maximum atomic E-state index is 13.5. The third-order valence-corrected chi connectivity index (χ3v) is 3.77. The van der Waals surface area contributed by atoms with Crippen molar-refractivity contribution >= 4 is 5.91 Å². The van der Waals surface area contributed by atoms with Gasteiger partial charge in [0.1, 0.15) is 5.82 Å². The van der Waals surface area contributed by atoms with Gasteiger partial charge in [-0.3, -0.25) is 4.79 Å². The van der Waals surface area contributed by atoms with Crippen LogP contribution in [0.4, 0.5) is 4.39 Å². The van der Waals surface area contributed by atoms with Crippen LogP contribution in [0.15, 0.2) is 18.2 Å². The van der Waals surface area contributed by atoms with Crippen molar-refractivity contribution < 1.29 is 9.18 Å². The van der Waals surface area contributed by atoms with E-state index in [1.807, 2.05) is 11.0 Å². The lowest BCUT2D eigenvalue weighted by Gasteiger charge is -2.22. The van der Waals surface area contributed by atoms with E-state index in [2.05, 4.69) is 0 Å². The molecule has 0 aliphatic carbocycles. The first-order valence-electron chi connectivity index (χ1n) is 6.85. The first-order valence-corrected chi connectivity index (χ1v) is 6.85. The van der Waals surface area contributed by atoms with Gasteiger partial charge >= 0.3 is 0 Å². The van der Waals surface area contributed by atoms with E-state index in [0.29, 0.717) is 18.5 Å². The topological polar surface area (TPSA) is 46.3 Å². The van der Waals surface area contributed by atoms with Gasteiger partial charge in [-0.2, -0.15) is 0 Å². The van der Waals surface area contributed by atoms with Crippen molar-refractivity contribution in [3.8, 4) is 0 Å². The molecule has 0 radical (unpaired) electrons. The van der Waals surface area contributed by atoms with Gasteiger partial charge in [-0.1, -0.05) is 12.1 Å². The largest absolute Gasteiger partial charge is 0.342 e. The van der Waals surface area contributed by atoms with Crippen LogP contribution in [-0.2, 0) is 11.2 Å². The summed E-state index contributed by atoms with van der Waals surface area (Å²) in [5.41, 5.74) is 7.18. The molecule has 1 aliphatic heterocycles. The number of benzene rings is 1. The first-order chi connectivity index (χ1) is 9.11. The monoisotopic (exact) mass is 264 g/mol. The molecule has 1 aromatic carbocycles. The maximum absolute atomic E-state index is 13.5. The molecular formula is C15H21FN2O. The normalized spacial score (nSPS) is 16.7. The molecule has 1 amide bonds. The molecule has 2 N–H and O–H groups in total. The molecular weight excluding hydrogens is 243 g/mol. The van der Waals surface area contributed by atoms with Gasteiger partial charge in [-0.15, -0.1) is 0 Å². The second kappa shape index (κ2) is 6.15. The summed E-state index contributed by atoms with van der Waals surface area (Å²) in [5.74, 6) is -0.344. The molecule has 3 nitrogen and oxygen atoms in total. The molecule has 1 unspecified atom stereocenters. The van der Waals surface area contributed by atoms with Gasteiger partial charge in [-0.05, 0) is 43.4 Å². The van der Waals surface area contributed by atoms with Gasteiger partial charge in [0.05, 0.1) is 5.92 Å². The Morgan fingerprint density at radius 1 is 1.42 bits per heavy atom. The summed E-state index contributed by atoms with van der Waals surface area (Å²) < 4.78 is 13.5. The third-order valence-electron chi connectivity index (χ3n) is 3.77. The highest BCUT2D eigenvalue weighted by Gasteiger charge is 2.25. The highest BCUT2D eigenvalue weighted by Crippen LogP contribution is 2.17. The number of carbonyl (C=O) groups is 1. The van der Waals surface area contributed by atoms with Crippen LogP contribution >= 0.6 is 0 Å². The number of hydrogen-bond acceptors (Lipinski definition) is 2. The molecule has 19 heavy (non-hydrogen) atoms. The van der Waals surface area contributed by atoms with Crippen molar-refractivity contribution in [2.24, 2.45) is 11.7 Å². The number of carbonyl (C=O) groups excluding carboxylic acids is 1. The number of halogens is 1. The van der Waals surface area contributed by atoms with Crippen molar-refractivity contribution in [2.45, 2.75) is 26.2 Å². The van der Waals surface area contributed by atoms with Gasteiger partial charge in [0, 0.05) is 19.6 Å². The summed E-state index contributed by atoms with van der Waals surface area (Å²) in [7, 11) is 0. The number of aryl methyl sites for hydroxylation is 1. The molecule has 0 saturated carbocycles. The minimum absolute atomic E-state index is 0.112. The molecule has 1 heterocycles. The summed E-state index contributed by atoms with van der Waals surface area (Å²) >= 11 is 0. The zero-order valence-corrected chi connectivity index (χ0v) is 11.4. The van der Waals surface area contributed by atoms with E-state index in [9.17, 15) is 9.18 Å². The van der Waals surface area contributed by atoms with Crippen LogP contribution in [0.25, 0.3) is 0 Å². The fourth-order valence-electron chi connectivity index (χ4n) is 2.52. The van der Waals surface area contributed by atoms with Crippen LogP contribution in [0, 0.1) is 18.7 Å². The molecule has 2 rings (SSSR count). The summed E-state index contributed by atoms with van der Waals surface area (Å²) in [4.78, 5) is 14.2. The van der Waals surface area contributed by atoms with Gasteiger partial charge in [0.25, 0.3) is 0 Å². The Labute approximate surface area is 113 Å². The smallest absolute Gasteiger partial charge is 0.227 e. The van der Waals surface area contributed by atoms with Crippen LogP contribution in [0.3, 0.4) is 0 Å². The summed E-state index contributed by atoms with van der Waals surface area (Å²) in [6, 6.07) is 5.13. The minimum atomic E-state index is -0.236. The summed E-state index contributed by atoms with van der Waals surface area (Å²) in [6.45, 7) is 3.70. The molecule has 0 bridgehead atoms. The van der Waals surface area contributed by atoms with E-state index in [-0.39, 0.29) is 17.6 Å². The van der Waals surface area contributed by atoms with Gasteiger partial charge in [0.15, 0.2) is 0 Å².